The van der Waals surface area contributed by atoms with Crippen molar-refractivity contribution in [3.63, 3.8) is 0 Å². The molecule has 0 fully saturated rings. The molecule has 0 aliphatic heterocycles. The van der Waals surface area contributed by atoms with Crippen LogP contribution in [0.2, 0.25) is 0 Å². The van der Waals surface area contributed by atoms with Gasteiger partial charge < -0.3 is 4.74 Å². The van der Waals surface area contributed by atoms with Gasteiger partial charge >= 0.3 is 13.8 Å². The second-order valence-corrected chi connectivity index (χ2v) is 6.87. The molecular formula is C18H21O6P. The molecule has 7 heteroatoms. The largest absolute Gasteiger partial charge is 0.478 e. The minimum Gasteiger partial charge on any atom is -0.436 e. The van der Waals surface area contributed by atoms with Crippen LogP contribution in [-0.4, -0.2) is 12.3 Å². The van der Waals surface area contributed by atoms with Gasteiger partial charge in [-0.05, 0) is 18.1 Å². The van der Waals surface area contributed by atoms with E-state index in [1.807, 2.05) is 60.7 Å². The number of phosphoric acid groups is 1. The van der Waals surface area contributed by atoms with Gasteiger partial charge in [-0.25, -0.2) is 9.09 Å². The number of carbonyl (C=O) groups excluding carboxylic acids is 1. The Hall–Kier alpha value is -1.98. The van der Waals surface area contributed by atoms with Crippen LogP contribution in [0.4, 0.5) is 0 Å². The molecule has 0 bridgehead atoms. The van der Waals surface area contributed by atoms with E-state index >= 15 is 0 Å². The molecule has 0 aromatic heterocycles. The minimum atomic E-state index is -3.94. The molecule has 2 aromatic rings. The fourth-order valence-corrected chi connectivity index (χ4v) is 3.21. The van der Waals surface area contributed by atoms with Crippen LogP contribution in [0.25, 0.3) is 0 Å². The highest BCUT2D eigenvalue weighted by Gasteiger charge is 2.31. The standard InChI is InChI=1S/C18H21O6P/c1-15(19)23-16(2)24-25(20,21-13-17-9-5-3-6-10-17)22-14-18-11-7-4-8-12-18/h3-12,16H,13-14H2,1-2H3. The SMILES string of the molecule is CC(=O)OC(C)OP(=O)(OCc1ccccc1)OCc1ccccc1. The van der Waals surface area contributed by atoms with Gasteiger partial charge in [0.25, 0.3) is 0 Å². The fraction of sp³-hybridized carbons (Fsp3) is 0.278. The van der Waals surface area contributed by atoms with Crippen molar-refractivity contribution < 1.29 is 27.7 Å². The highest BCUT2D eigenvalue weighted by Crippen LogP contribution is 2.52. The number of phosphoric ester groups is 1. The Bertz CT molecular complexity index is 657. The number of ether oxygens (including phenoxy) is 1. The fourth-order valence-electron chi connectivity index (χ4n) is 1.99. The third-order valence-electron chi connectivity index (χ3n) is 3.07. The van der Waals surface area contributed by atoms with Crippen molar-refractivity contribution in [2.24, 2.45) is 0 Å². The van der Waals surface area contributed by atoms with E-state index in [0.717, 1.165) is 11.1 Å². The predicted molar refractivity (Wildman–Crippen MR) is 92.4 cm³/mol. The van der Waals surface area contributed by atoms with Crippen LogP contribution < -0.4 is 0 Å². The first-order chi connectivity index (χ1) is 12.0. The highest BCUT2D eigenvalue weighted by molar-refractivity contribution is 7.48. The van der Waals surface area contributed by atoms with Crippen LogP contribution in [0.1, 0.15) is 25.0 Å². The second-order valence-electron chi connectivity index (χ2n) is 5.25. The number of esters is 1. The third-order valence-corrected chi connectivity index (χ3v) is 4.52. The number of benzene rings is 2. The Balaban J connectivity index is 2.03. The predicted octanol–water partition coefficient (Wildman–Crippen LogP) is 4.45. The lowest BCUT2D eigenvalue weighted by atomic mass is 10.2. The van der Waals surface area contributed by atoms with Crippen LogP contribution in [0.3, 0.4) is 0 Å². The van der Waals surface area contributed by atoms with Crippen molar-refractivity contribution in [2.75, 3.05) is 0 Å². The number of carbonyl (C=O) groups is 1. The Morgan fingerprint density at radius 2 is 1.36 bits per heavy atom. The van der Waals surface area contributed by atoms with Crippen LogP contribution >= 0.6 is 7.82 Å². The molecule has 0 spiro atoms. The molecule has 0 aliphatic rings. The summed E-state index contributed by atoms with van der Waals surface area (Å²) in [5.41, 5.74) is 1.63. The first-order valence-electron chi connectivity index (χ1n) is 7.79. The van der Waals surface area contributed by atoms with Gasteiger partial charge in [0.05, 0.1) is 13.2 Å². The van der Waals surface area contributed by atoms with Crippen molar-refractivity contribution in [3.05, 3.63) is 71.8 Å². The lowest BCUT2D eigenvalue weighted by Crippen LogP contribution is -2.16. The summed E-state index contributed by atoms with van der Waals surface area (Å²) in [7, 11) is -3.94. The van der Waals surface area contributed by atoms with E-state index in [-0.39, 0.29) is 13.2 Å². The topological polar surface area (TPSA) is 71.1 Å². The van der Waals surface area contributed by atoms with Gasteiger partial charge in [-0.2, -0.15) is 0 Å². The van der Waals surface area contributed by atoms with E-state index in [0.29, 0.717) is 0 Å². The molecule has 6 nitrogen and oxygen atoms in total. The van der Waals surface area contributed by atoms with Gasteiger partial charge in [-0.1, -0.05) is 60.7 Å². The smallest absolute Gasteiger partial charge is 0.436 e. The van der Waals surface area contributed by atoms with Gasteiger partial charge in [0.15, 0.2) is 0 Å². The molecule has 25 heavy (non-hydrogen) atoms. The van der Waals surface area contributed by atoms with E-state index in [1.165, 1.54) is 13.8 Å². The average molecular weight is 364 g/mol. The molecule has 2 aromatic carbocycles. The molecule has 1 atom stereocenters. The maximum atomic E-state index is 12.9. The van der Waals surface area contributed by atoms with E-state index in [1.54, 1.807) is 0 Å². The number of hydrogen-bond donors (Lipinski definition) is 0. The Morgan fingerprint density at radius 3 is 1.76 bits per heavy atom. The number of hydrogen-bond acceptors (Lipinski definition) is 6. The van der Waals surface area contributed by atoms with Crippen LogP contribution in [-0.2, 0) is 40.9 Å². The molecule has 0 radical (unpaired) electrons. The summed E-state index contributed by atoms with van der Waals surface area (Å²) in [5, 5.41) is 0. The highest BCUT2D eigenvalue weighted by atomic mass is 31.2. The zero-order valence-corrected chi connectivity index (χ0v) is 15.1. The molecule has 0 heterocycles. The Kier molecular flexibility index (Phi) is 7.34. The normalized spacial score (nSPS) is 12.6. The first kappa shape index (κ1) is 19.3. The van der Waals surface area contributed by atoms with Gasteiger partial charge in [0.2, 0.25) is 6.29 Å². The van der Waals surface area contributed by atoms with Gasteiger partial charge in [0.1, 0.15) is 0 Å². The summed E-state index contributed by atoms with van der Waals surface area (Å²) >= 11 is 0. The van der Waals surface area contributed by atoms with Crippen molar-refractivity contribution in [1.29, 1.82) is 0 Å². The molecular weight excluding hydrogens is 343 g/mol. The van der Waals surface area contributed by atoms with Crippen molar-refractivity contribution in [2.45, 2.75) is 33.4 Å². The third kappa shape index (κ3) is 7.20. The average Bonchev–Trinajstić information content (AvgIpc) is 2.59. The quantitative estimate of drug-likeness (QED) is 0.372. The summed E-state index contributed by atoms with van der Waals surface area (Å²) in [5.74, 6) is -0.551. The Morgan fingerprint density at radius 1 is 0.920 bits per heavy atom. The summed E-state index contributed by atoms with van der Waals surface area (Å²) in [6.45, 7) is 2.77. The molecule has 0 saturated carbocycles. The maximum absolute atomic E-state index is 12.9. The van der Waals surface area contributed by atoms with Gasteiger partial charge in [-0.15, -0.1) is 0 Å². The second kappa shape index (κ2) is 9.49. The van der Waals surface area contributed by atoms with Crippen molar-refractivity contribution >= 4 is 13.8 Å². The molecule has 1 unspecified atom stereocenters. The molecule has 134 valence electrons. The van der Waals surface area contributed by atoms with E-state index in [9.17, 15) is 9.36 Å². The molecule has 0 saturated heterocycles. The first-order valence-corrected chi connectivity index (χ1v) is 9.25. The van der Waals surface area contributed by atoms with Crippen LogP contribution in [0.15, 0.2) is 60.7 Å². The Labute approximate surface area is 147 Å². The molecule has 0 amide bonds. The summed E-state index contributed by atoms with van der Waals surface area (Å²) < 4.78 is 33.8. The maximum Gasteiger partial charge on any atom is 0.478 e. The zero-order valence-electron chi connectivity index (χ0n) is 14.2. The molecule has 0 N–H and O–H groups in total. The molecule has 2 rings (SSSR count). The van der Waals surface area contributed by atoms with Gasteiger partial charge in [0, 0.05) is 6.92 Å². The summed E-state index contributed by atoms with van der Waals surface area (Å²) in [6.07, 6.45) is -1.06. The summed E-state index contributed by atoms with van der Waals surface area (Å²) in [6, 6.07) is 18.4. The number of rotatable bonds is 9. The van der Waals surface area contributed by atoms with Crippen LogP contribution in [0.5, 0.6) is 0 Å². The minimum absolute atomic E-state index is 0.0414. The van der Waals surface area contributed by atoms with Crippen molar-refractivity contribution in [3.8, 4) is 0 Å². The zero-order chi connectivity index (χ0) is 18.1. The lowest BCUT2D eigenvalue weighted by Gasteiger charge is -2.21. The van der Waals surface area contributed by atoms with Crippen LogP contribution in [0, 0.1) is 0 Å². The monoisotopic (exact) mass is 364 g/mol. The van der Waals surface area contributed by atoms with E-state index in [4.69, 9.17) is 18.3 Å². The van der Waals surface area contributed by atoms with Gasteiger partial charge in [-0.3, -0.25) is 13.8 Å². The van der Waals surface area contributed by atoms with E-state index in [2.05, 4.69) is 0 Å². The lowest BCUT2D eigenvalue weighted by molar-refractivity contribution is -0.160. The van der Waals surface area contributed by atoms with E-state index < -0.39 is 20.1 Å². The van der Waals surface area contributed by atoms with Crippen molar-refractivity contribution in [1.82, 2.24) is 0 Å². The summed E-state index contributed by atoms with van der Waals surface area (Å²) in [4.78, 5) is 11.0. The molecule has 0 aliphatic carbocycles.